The first-order valence-corrected chi connectivity index (χ1v) is 5.33. The second kappa shape index (κ2) is 3.69. The van der Waals surface area contributed by atoms with Gasteiger partial charge in [0, 0.05) is 11.3 Å². The van der Waals surface area contributed by atoms with E-state index in [9.17, 15) is 4.79 Å². The molecule has 0 bridgehead atoms. The first-order chi connectivity index (χ1) is 8.65. The number of nitrogens with one attached hydrogen (secondary N) is 1. The Labute approximate surface area is 102 Å². The lowest BCUT2D eigenvalue weighted by molar-refractivity contribution is 0.100. The molecule has 1 aromatic heterocycles. The first-order valence-electron chi connectivity index (χ1n) is 5.33. The van der Waals surface area contributed by atoms with Crippen molar-refractivity contribution in [2.45, 2.75) is 0 Å². The summed E-state index contributed by atoms with van der Waals surface area (Å²) in [6.45, 7) is 0.220. The average molecular weight is 245 g/mol. The SMILES string of the molecule is NC(=O)c1cc(-c2ccc3c(c2)OCO3)[nH]c1N. The van der Waals surface area contributed by atoms with E-state index < -0.39 is 5.91 Å². The molecule has 18 heavy (non-hydrogen) atoms. The van der Waals surface area contributed by atoms with E-state index in [0.717, 1.165) is 5.56 Å². The molecule has 92 valence electrons. The molecule has 2 heterocycles. The van der Waals surface area contributed by atoms with Gasteiger partial charge in [0.25, 0.3) is 5.91 Å². The zero-order valence-electron chi connectivity index (χ0n) is 9.40. The van der Waals surface area contributed by atoms with E-state index in [1.165, 1.54) is 0 Å². The number of benzene rings is 1. The molecule has 1 aliphatic rings. The highest BCUT2D eigenvalue weighted by molar-refractivity contribution is 5.99. The maximum atomic E-state index is 11.1. The number of fused-ring (bicyclic) bond motifs is 1. The summed E-state index contributed by atoms with van der Waals surface area (Å²) in [5.41, 5.74) is 12.7. The van der Waals surface area contributed by atoms with E-state index in [1.54, 1.807) is 12.1 Å². The lowest BCUT2D eigenvalue weighted by Gasteiger charge is -2.00. The minimum absolute atomic E-state index is 0.220. The summed E-state index contributed by atoms with van der Waals surface area (Å²) < 4.78 is 10.5. The molecule has 0 aliphatic carbocycles. The van der Waals surface area contributed by atoms with Crippen LogP contribution in [0.15, 0.2) is 24.3 Å². The van der Waals surface area contributed by atoms with Crippen molar-refractivity contribution < 1.29 is 14.3 Å². The Bertz CT molecular complexity index is 633. The predicted molar refractivity (Wildman–Crippen MR) is 65.3 cm³/mol. The molecular formula is C12H11N3O3. The number of aromatic amines is 1. The molecule has 5 N–H and O–H groups in total. The maximum absolute atomic E-state index is 11.1. The van der Waals surface area contributed by atoms with E-state index in [2.05, 4.69) is 4.98 Å². The van der Waals surface area contributed by atoms with Crippen LogP contribution in [0.4, 0.5) is 5.82 Å². The van der Waals surface area contributed by atoms with Gasteiger partial charge in [0.05, 0.1) is 5.56 Å². The van der Waals surface area contributed by atoms with Crippen molar-refractivity contribution in [1.82, 2.24) is 4.98 Å². The molecule has 2 aromatic rings. The highest BCUT2D eigenvalue weighted by Gasteiger charge is 2.16. The Kier molecular flexibility index (Phi) is 2.16. The van der Waals surface area contributed by atoms with Crippen LogP contribution in [0, 0.1) is 0 Å². The summed E-state index contributed by atoms with van der Waals surface area (Å²) in [4.78, 5) is 14.0. The molecule has 1 aliphatic heterocycles. The largest absolute Gasteiger partial charge is 0.454 e. The molecule has 6 nitrogen and oxygen atoms in total. The summed E-state index contributed by atoms with van der Waals surface area (Å²) in [6, 6.07) is 7.09. The van der Waals surface area contributed by atoms with Crippen molar-refractivity contribution in [2.75, 3.05) is 12.5 Å². The number of nitrogen functional groups attached to an aromatic ring is 1. The Morgan fingerprint density at radius 2 is 2.00 bits per heavy atom. The molecule has 0 atom stereocenters. The molecule has 1 amide bonds. The molecular weight excluding hydrogens is 234 g/mol. The Morgan fingerprint density at radius 1 is 1.22 bits per heavy atom. The number of hydrogen-bond donors (Lipinski definition) is 3. The predicted octanol–water partition coefficient (Wildman–Crippen LogP) is 1.09. The standard InChI is InChI=1S/C12H11N3O3/c13-11-7(12(14)16)4-8(15-11)6-1-2-9-10(3-6)18-5-17-9/h1-4,15H,5,13H2,(H2,14,16). The van der Waals surface area contributed by atoms with Crippen molar-refractivity contribution in [2.24, 2.45) is 5.73 Å². The zero-order valence-corrected chi connectivity index (χ0v) is 9.40. The second-order valence-electron chi connectivity index (χ2n) is 3.94. The van der Waals surface area contributed by atoms with Gasteiger partial charge in [-0.3, -0.25) is 4.79 Å². The van der Waals surface area contributed by atoms with E-state index in [4.69, 9.17) is 20.9 Å². The smallest absolute Gasteiger partial charge is 0.252 e. The van der Waals surface area contributed by atoms with Gasteiger partial charge in [-0.2, -0.15) is 0 Å². The number of aromatic nitrogens is 1. The number of primary amides is 1. The fourth-order valence-electron chi connectivity index (χ4n) is 1.89. The van der Waals surface area contributed by atoms with Crippen molar-refractivity contribution in [3.8, 4) is 22.8 Å². The minimum atomic E-state index is -0.559. The Morgan fingerprint density at radius 3 is 2.72 bits per heavy atom. The summed E-state index contributed by atoms with van der Waals surface area (Å²) >= 11 is 0. The molecule has 0 saturated carbocycles. The van der Waals surface area contributed by atoms with Crippen LogP contribution in [-0.4, -0.2) is 17.7 Å². The van der Waals surface area contributed by atoms with Gasteiger partial charge in [0.2, 0.25) is 6.79 Å². The molecule has 0 radical (unpaired) electrons. The topological polar surface area (TPSA) is 103 Å². The fraction of sp³-hybridized carbons (Fsp3) is 0.0833. The van der Waals surface area contributed by atoms with Crippen molar-refractivity contribution in [3.63, 3.8) is 0 Å². The highest BCUT2D eigenvalue weighted by Crippen LogP contribution is 2.36. The van der Waals surface area contributed by atoms with Crippen molar-refractivity contribution >= 4 is 11.7 Å². The summed E-state index contributed by atoms with van der Waals surface area (Å²) in [5, 5.41) is 0. The zero-order chi connectivity index (χ0) is 12.7. The monoisotopic (exact) mass is 245 g/mol. The number of rotatable bonds is 2. The van der Waals surface area contributed by atoms with Gasteiger partial charge in [-0.25, -0.2) is 0 Å². The Balaban J connectivity index is 2.05. The quantitative estimate of drug-likeness (QED) is 0.736. The molecule has 6 heteroatoms. The van der Waals surface area contributed by atoms with Gasteiger partial charge in [-0.1, -0.05) is 0 Å². The molecule has 1 aromatic carbocycles. The van der Waals surface area contributed by atoms with Crippen LogP contribution in [-0.2, 0) is 0 Å². The van der Waals surface area contributed by atoms with Gasteiger partial charge >= 0.3 is 0 Å². The summed E-state index contributed by atoms with van der Waals surface area (Å²) in [7, 11) is 0. The van der Waals surface area contributed by atoms with Crippen LogP contribution in [0.1, 0.15) is 10.4 Å². The molecule has 3 rings (SSSR count). The number of carbonyl (C=O) groups is 1. The number of amides is 1. The van der Waals surface area contributed by atoms with Crippen LogP contribution in [0.5, 0.6) is 11.5 Å². The lowest BCUT2D eigenvalue weighted by Crippen LogP contribution is -2.11. The van der Waals surface area contributed by atoms with Gasteiger partial charge < -0.3 is 25.9 Å². The van der Waals surface area contributed by atoms with Crippen LogP contribution < -0.4 is 20.9 Å². The number of H-pyrrole nitrogens is 1. The molecule has 0 saturated heterocycles. The first kappa shape index (κ1) is 10.5. The molecule has 0 fully saturated rings. The molecule has 0 spiro atoms. The molecule has 0 unspecified atom stereocenters. The number of hydrogen-bond acceptors (Lipinski definition) is 4. The van der Waals surface area contributed by atoms with Gasteiger partial charge in [0.15, 0.2) is 11.5 Å². The number of anilines is 1. The van der Waals surface area contributed by atoms with Gasteiger partial charge in [-0.05, 0) is 24.3 Å². The number of nitrogens with two attached hydrogens (primary N) is 2. The van der Waals surface area contributed by atoms with E-state index in [-0.39, 0.29) is 18.2 Å². The third-order valence-corrected chi connectivity index (χ3v) is 2.80. The highest BCUT2D eigenvalue weighted by atomic mass is 16.7. The van der Waals surface area contributed by atoms with Gasteiger partial charge in [-0.15, -0.1) is 0 Å². The third-order valence-electron chi connectivity index (χ3n) is 2.80. The number of carbonyl (C=O) groups excluding carboxylic acids is 1. The van der Waals surface area contributed by atoms with Crippen molar-refractivity contribution in [1.29, 1.82) is 0 Å². The maximum Gasteiger partial charge on any atom is 0.252 e. The minimum Gasteiger partial charge on any atom is -0.454 e. The normalized spacial score (nSPS) is 12.7. The second-order valence-corrected chi connectivity index (χ2v) is 3.94. The summed E-state index contributed by atoms with van der Waals surface area (Å²) in [5.74, 6) is 1.07. The third kappa shape index (κ3) is 1.55. The average Bonchev–Trinajstić information content (AvgIpc) is 2.93. The van der Waals surface area contributed by atoms with Crippen LogP contribution >= 0.6 is 0 Å². The number of ether oxygens (including phenoxy) is 2. The lowest BCUT2D eigenvalue weighted by atomic mass is 10.1. The summed E-state index contributed by atoms with van der Waals surface area (Å²) in [6.07, 6.45) is 0. The van der Waals surface area contributed by atoms with Crippen LogP contribution in [0.3, 0.4) is 0 Å². The van der Waals surface area contributed by atoms with E-state index >= 15 is 0 Å². The van der Waals surface area contributed by atoms with Crippen LogP contribution in [0.25, 0.3) is 11.3 Å². The van der Waals surface area contributed by atoms with Gasteiger partial charge in [0.1, 0.15) is 5.82 Å². The Hall–Kier alpha value is -2.63. The van der Waals surface area contributed by atoms with Crippen molar-refractivity contribution in [3.05, 3.63) is 29.8 Å². The van der Waals surface area contributed by atoms with E-state index in [1.807, 2.05) is 12.1 Å². The fourth-order valence-corrected chi connectivity index (χ4v) is 1.89. The van der Waals surface area contributed by atoms with Crippen LogP contribution in [0.2, 0.25) is 0 Å². The van der Waals surface area contributed by atoms with E-state index in [0.29, 0.717) is 17.2 Å².